The lowest BCUT2D eigenvalue weighted by atomic mass is 10.2. The van der Waals surface area contributed by atoms with E-state index in [9.17, 15) is 0 Å². The molecule has 6 heteroatoms. The van der Waals surface area contributed by atoms with Gasteiger partial charge in [-0.2, -0.15) is 0 Å². The third-order valence-corrected chi connectivity index (χ3v) is 4.13. The van der Waals surface area contributed by atoms with Gasteiger partial charge in [-0.05, 0) is 12.1 Å². The molecule has 0 aliphatic carbocycles. The summed E-state index contributed by atoms with van der Waals surface area (Å²) in [5.74, 6) is 2.85. The molecule has 2 heterocycles. The van der Waals surface area contributed by atoms with Crippen LogP contribution in [-0.4, -0.2) is 57.4 Å². The van der Waals surface area contributed by atoms with E-state index in [1.54, 1.807) is 13.4 Å². The van der Waals surface area contributed by atoms with Gasteiger partial charge in [-0.1, -0.05) is 12.1 Å². The third-order valence-electron chi connectivity index (χ3n) is 4.13. The fourth-order valence-electron chi connectivity index (χ4n) is 2.82. The summed E-state index contributed by atoms with van der Waals surface area (Å²) in [5.41, 5.74) is 1.16. The molecule has 1 aliphatic heterocycles. The van der Waals surface area contributed by atoms with E-state index in [0.29, 0.717) is 0 Å². The number of piperazine rings is 1. The van der Waals surface area contributed by atoms with Crippen LogP contribution in [0.4, 0.5) is 17.3 Å². The second kappa shape index (κ2) is 6.73. The fraction of sp³-hybridized carbons (Fsp3) is 0.412. The zero-order valence-electron chi connectivity index (χ0n) is 13.9. The maximum Gasteiger partial charge on any atom is 0.142 e. The molecule has 1 aromatic heterocycles. The molecule has 0 radical (unpaired) electrons. The Labute approximate surface area is 137 Å². The predicted molar refractivity (Wildman–Crippen MR) is 93.8 cm³/mol. The fourth-order valence-corrected chi connectivity index (χ4v) is 2.82. The van der Waals surface area contributed by atoms with Crippen LogP contribution in [0.15, 0.2) is 36.7 Å². The number of hydrogen-bond donors (Lipinski definition) is 0. The lowest BCUT2D eigenvalue weighted by Crippen LogP contribution is -2.47. The second-order valence-electron chi connectivity index (χ2n) is 5.77. The molecule has 122 valence electrons. The standard InChI is InChI=1S/C17H23N5O/c1-20(2)16-12-17(19-13-18-16)22-10-8-21(9-11-22)14-6-4-5-7-15(14)23-3/h4-7,12-13H,8-11H2,1-3H3. The molecule has 6 nitrogen and oxygen atoms in total. The molecule has 1 fully saturated rings. The highest BCUT2D eigenvalue weighted by atomic mass is 16.5. The van der Waals surface area contributed by atoms with Gasteiger partial charge < -0.3 is 19.4 Å². The smallest absolute Gasteiger partial charge is 0.142 e. The highest BCUT2D eigenvalue weighted by molar-refractivity contribution is 5.60. The lowest BCUT2D eigenvalue weighted by molar-refractivity contribution is 0.413. The Hall–Kier alpha value is -2.50. The van der Waals surface area contributed by atoms with Crippen LogP contribution in [0.2, 0.25) is 0 Å². The van der Waals surface area contributed by atoms with E-state index < -0.39 is 0 Å². The molecule has 2 aromatic rings. The van der Waals surface area contributed by atoms with Gasteiger partial charge in [0.2, 0.25) is 0 Å². The number of anilines is 3. The molecule has 23 heavy (non-hydrogen) atoms. The molecule has 1 aromatic carbocycles. The largest absolute Gasteiger partial charge is 0.495 e. The van der Waals surface area contributed by atoms with Gasteiger partial charge in [0, 0.05) is 46.3 Å². The Morgan fingerprint density at radius 3 is 2.39 bits per heavy atom. The van der Waals surface area contributed by atoms with Gasteiger partial charge in [0.25, 0.3) is 0 Å². The van der Waals surface area contributed by atoms with Crippen molar-refractivity contribution >= 4 is 17.3 Å². The highest BCUT2D eigenvalue weighted by Crippen LogP contribution is 2.29. The lowest BCUT2D eigenvalue weighted by Gasteiger charge is -2.37. The Kier molecular flexibility index (Phi) is 4.50. The normalized spacial score (nSPS) is 14.7. The maximum atomic E-state index is 5.47. The van der Waals surface area contributed by atoms with E-state index in [1.807, 2.05) is 37.2 Å². The Morgan fingerprint density at radius 2 is 1.70 bits per heavy atom. The van der Waals surface area contributed by atoms with Crippen molar-refractivity contribution in [3.05, 3.63) is 36.7 Å². The van der Waals surface area contributed by atoms with Crippen molar-refractivity contribution in [2.24, 2.45) is 0 Å². The summed E-state index contributed by atoms with van der Waals surface area (Å²) in [4.78, 5) is 15.4. The zero-order chi connectivity index (χ0) is 16.2. The van der Waals surface area contributed by atoms with Crippen molar-refractivity contribution in [1.29, 1.82) is 0 Å². The minimum absolute atomic E-state index is 0.929. The topological polar surface area (TPSA) is 44.7 Å². The number of rotatable bonds is 4. The molecule has 0 amide bonds. The summed E-state index contributed by atoms with van der Waals surface area (Å²) >= 11 is 0. The first-order chi connectivity index (χ1) is 11.2. The first-order valence-electron chi connectivity index (χ1n) is 7.81. The molecule has 0 spiro atoms. The van der Waals surface area contributed by atoms with Crippen molar-refractivity contribution < 1.29 is 4.74 Å². The number of hydrogen-bond acceptors (Lipinski definition) is 6. The van der Waals surface area contributed by atoms with Crippen LogP contribution in [0, 0.1) is 0 Å². The Balaban J connectivity index is 1.70. The molecule has 1 saturated heterocycles. The minimum atomic E-state index is 0.929. The summed E-state index contributed by atoms with van der Waals surface area (Å²) in [6.45, 7) is 3.76. The van der Waals surface area contributed by atoms with Crippen molar-refractivity contribution in [2.45, 2.75) is 0 Å². The molecule has 1 aliphatic rings. The molecule has 0 unspecified atom stereocenters. The van der Waals surface area contributed by atoms with Crippen LogP contribution in [0.1, 0.15) is 0 Å². The van der Waals surface area contributed by atoms with E-state index in [2.05, 4.69) is 31.9 Å². The Morgan fingerprint density at radius 1 is 1.00 bits per heavy atom. The molecular formula is C17H23N5O. The van der Waals surface area contributed by atoms with Crippen LogP contribution < -0.4 is 19.4 Å². The predicted octanol–water partition coefficient (Wildman–Crippen LogP) is 1.88. The van der Waals surface area contributed by atoms with E-state index >= 15 is 0 Å². The van der Waals surface area contributed by atoms with Crippen LogP contribution in [-0.2, 0) is 0 Å². The first-order valence-corrected chi connectivity index (χ1v) is 7.81. The van der Waals surface area contributed by atoms with Gasteiger partial charge in [-0.15, -0.1) is 0 Å². The number of methoxy groups -OCH3 is 1. The van der Waals surface area contributed by atoms with Crippen molar-refractivity contribution in [3.8, 4) is 5.75 Å². The summed E-state index contributed by atoms with van der Waals surface area (Å²) in [5, 5.41) is 0. The summed E-state index contributed by atoms with van der Waals surface area (Å²) in [7, 11) is 5.70. The minimum Gasteiger partial charge on any atom is -0.495 e. The molecule has 0 saturated carbocycles. The summed E-state index contributed by atoms with van der Waals surface area (Å²) in [6, 6.07) is 10.2. The summed E-state index contributed by atoms with van der Waals surface area (Å²) in [6.07, 6.45) is 1.64. The van der Waals surface area contributed by atoms with Gasteiger partial charge in [-0.3, -0.25) is 0 Å². The van der Waals surface area contributed by atoms with E-state index in [1.165, 1.54) is 0 Å². The average Bonchev–Trinajstić information content (AvgIpc) is 2.62. The monoisotopic (exact) mass is 313 g/mol. The van der Waals surface area contributed by atoms with Gasteiger partial charge in [0.05, 0.1) is 12.8 Å². The number of aromatic nitrogens is 2. The van der Waals surface area contributed by atoms with Crippen LogP contribution >= 0.6 is 0 Å². The number of nitrogens with zero attached hydrogens (tertiary/aromatic N) is 5. The molecular weight excluding hydrogens is 290 g/mol. The van der Waals surface area contributed by atoms with Crippen LogP contribution in [0.3, 0.4) is 0 Å². The van der Waals surface area contributed by atoms with Crippen LogP contribution in [0.25, 0.3) is 0 Å². The van der Waals surface area contributed by atoms with Gasteiger partial charge in [0.1, 0.15) is 23.7 Å². The van der Waals surface area contributed by atoms with Crippen LogP contribution in [0.5, 0.6) is 5.75 Å². The number of benzene rings is 1. The van der Waals surface area contributed by atoms with Crippen molar-refractivity contribution in [3.63, 3.8) is 0 Å². The molecule has 3 rings (SSSR count). The van der Waals surface area contributed by atoms with E-state index in [4.69, 9.17) is 4.74 Å². The average molecular weight is 313 g/mol. The molecule has 0 bridgehead atoms. The van der Waals surface area contributed by atoms with Crippen molar-refractivity contribution in [2.75, 3.05) is 62.1 Å². The summed E-state index contributed by atoms with van der Waals surface area (Å²) < 4.78 is 5.47. The highest BCUT2D eigenvalue weighted by Gasteiger charge is 2.20. The van der Waals surface area contributed by atoms with Gasteiger partial charge in [-0.25, -0.2) is 9.97 Å². The second-order valence-corrected chi connectivity index (χ2v) is 5.77. The third kappa shape index (κ3) is 3.31. The van der Waals surface area contributed by atoms with Crippen molar-refractivity contribution in [1.82, 2.24) is 9.97 Å². The quantitative estimate of drug-likeness (QED) is 0.859. The molecule has 0 atom stereocenters. The number of ether oxygens (including phenoxy) is 1. The van der Waals surface area contributed by atoms with Gasteiger partial charge in [0.15, 0.2) is 0 Å². The number of para-hydroxylation sites is 2. The van der Waals surface area contributed by atoms with E-state index in [-0.39, 0.29) is 0 Å². The molecule has 0 N–H and O–H groups in total. The van der Waals surface area contributed by atoms with E-state index in [0.717, 1.165) is 49.3 Å². The zero-order valence-corrected chi connectivity index (χ0v) is 13.9. The maximum absolute atomic E-state index is 5.47. The first kappa shape index (κ1) is 15.4. The Bertz CT molecular complexity index is 653. The SMILES string of the molecule is COc1ccccc1N1CCN(c2cc(N(C)C)ncn2)CC1. The van der Waals surface area contributed by atoms with Gasteiger partial charge >= 0.3 is 0 Å².